The molecule has 2 aromatic carbocycles. The Bertz CT molecular complexity index is 1240. The number of amides is 2. The minimum Gasteiger partial charge on any atom is -0.478 e. The number of hydrogen-bond donors (Lipinski definition) is 3. The van der Waals surface area contributed by atoms with Gasteiger partial charge in [-0.3, -0.25) is 5.32 Å². The molecule has 3 aromatic rings. The molecule has 0 unspecified atom stereocenters. The molecule has 0 radical (unpaired) electrons. The molecule has 3 rings (SSSR count). The Balaban J connectivity index is 2.10. The number of aryl methyl sites for hydroxylation is 2. The van der Waals surface area contributed by atoms with E-state index in [9.17, 15) is 14.7 Å². The monoisotopic (exact) mass is 492 g/mol. The third kappa shape index (κ3) is 6.44. The molecule has 2 amide bonds. The van der Waals surface area contributed by atoms with Crippen molar-refractivity contribution in [2.75, 3.05) is 28.6 Å². The Morgan fingerprint density at radius 1 is 0.972 bits per heavy atom. The van der Waals surface area contributed by atoms with Crippen molar-refractivity contribution in [3.05, 3.63) is 58.8 Å². The fourth-order valence-electron chi connectivity index (χ4n) is 4.25. The summed E-state index contributed by atoms with van der Waals surface area (Å²) in [7, 11) is 0. The summed E-state index contributed by atoms with van der Waals surface area (Å²) >= 11 is 0. The van der Waals surface area contributed by atoms with E-state index in [0.717, 1.165) is 29.9 Å². The average Bonchev–Trinajstić information content (AvgIpc) is 3.18. The SMILES string of the molecule is Cc1cc(NC(=O)Nc2cc(-c3ccc(C)c(C)c3C(=O)O)ccc2N(CC(C)C)CC(C)C)on1. The van der Waals surface area contributed by atoms with Crippen LogP contribution in [-0.2, 0) is 0 Å². The van der Waals surface area contributed by atoms with Crippen LogP contribution in [0.1, 0.15) is 54.9 Å². The van der Waals surface area contributed by atoms with Crippen LogP contribution in [0.5, 0.6) is 0 Å². The maximum Gasteiger partial charge on any atom is 0.336 e. The predicted molar refractivity (Wildman–Crippen MR) is 144 cm³/mol. The fraction of sp³-hybridized carbons (Fsp3) is 0.393. The largest absolute Gasteiger partial charge is 0.478 e. The minimum absolute atomic E-state index is 0.242. The van der Waals surface area contributed by atoms with Gasteiger partial charge in [0.1, 0.15) is 0 Å². The zero-order valence-electron chi connectivity index (χ0n) is 22.1. The van der Waals surface area contributed by atoms with Gasteiger partial charge in [0.2, 0.25) is 5.88 Å². The van der Waals surface area contributed by atoms with Crippen molar-refractivity contribution in [3.8, 4) is 11.1 Å². The number of rotatable bonds is 9. The molecule has 0 fully saturated rings. The maximum atomic E-state index is 12.9. The van der Waals surface area contributed by atoms with Gasteiger partial charge >= 0.3 is 12.0 Å². The number of aromatic carboxylic acids is 1. The number of benzene rings is 2. The van der Waals surface area contributed by atoms with Gasteiger partial charge in [0, 0.05) is 19.2 Å². The van der Waals surface area contributed by atoms with Crippen LogP contribution in [0.15, 0.2) is 40.9 Å². The van der Waals surface area contributed by atoms with Gasteiger partial charge in [-0.2, -0.15) is 0 Å². The van der Waals surface area contributed by atoms with E-state index in [0.29, 0.717) is 34.3 Å². The summed E-state index contributed by atoms with van der Waals surface area (Å²) in [4.78, 5) is 27.3. The standard InChI is InChI=1S/C28H36N4O4/c1-16(2)14-32(15-17(3)4)24-11-9-21(22-10-8-18(5)20(7)26(22)27(33)34)13-23(24)29-28(35)30-25-12-19(6)31-36-25/h8-13,16-17H,14-15H2,1-7H3,(H,33,34)(H2,29,30,35). The second-order valence-corrected chi connectivity index (χ2v) is 10.1. The Morgan fingerprint density at radius 3 is 2.19 bits per heavy atom. The molecule has 0 atom stereocenters. The first kappa shape index (κ1) is 26.8. The van der Waals surface area contributed by atoms with Gasteiger partial charge in [-0.1, -0.05) is 51.1 Å². The maximum absolute atomic E-state index is 12.9. The third-order valence-electron chi connectivity index (χ3n) is 5.88. The lowest BCUT2D eigenvalue weighted by atomic mass is 9.92. The second kappa shape index (κ2) is 11.3. The summed E-state index contributed by atoms with van der Waals surface area (Å²) < 4.78 is 5.12. The minimum atomic E-state index is -0.982. The number of hydrogen-bond acceptors (Lipinski definition) is 5. The lowest BCUT2D eigenvalue weighted by Crippen LogP contribution is -2.32. The Labute approximate surface area is 212 Å². The highest BCUT2D eigenvalue weighted by atomic mass is 16.5. The summed E-state index contributed by atoms with van der Waals surface area (Å²) in [5.41, 5.74) is 5.30. The van der Waals surface area contributed by atoms with E-state index < -0.39 is 12.0 Å². The molecular formula is C28H36N4O4. The molecular weight excluding hydrogens is 456 g/mol. The molecule has 0 aliphatic carbocycles. The van der Waals surface area contributed by atoms with Crippen LogP contribution in [0, 0.1) is 32.6 Å². The van der Waals surface area contributed by atoms with Crippen molar-refractivity contribution in [2.24, 2.45) is 11.8 Å². The van der Waals surface area contributed by atoms with Crippen LogP contribution in [-0.4, -0.2) is 35.4 Å². The molecule has 8 nitrogen and oxygen atoms in total. The number of carboxylic acids is 1. The Morgan fingerprint density at radius 2 is 1.64 bits per heavy atom. The lowest BCUT2D eigenvalue weighted by molar-refractivity contribution is 0.0697. The van der Waals surface area contributed by atoms with Crippen LogP contribution in [0.25, 0.3) is 11.1 Å². The normalized spacial score (nSPS) is 11.1. The van der Waals surface area contributed by atoms with Gasteiger partial charge in [0.25, 0.3) is 0 Å². The number of nitrogens with one attached hydrogen (secondary N) is 2. The number of urea groups is 1. The number of aromatic nitrogens is 1. The molecule has 0 aliphatic rings. The van der Waals surface area contributed by atoms with Crippen LogP contribution in [0.3, 0.4) is 0 Å². The highest BCUT2D eigenvalue weighted by Crippen LogP contribution is 2.35. The molecule has 0 bridgehead atoms. The molecule has 3 N–H and O–H groups in total. The van der Waals surface area contributed by atoms with Gasteiger partial charge in [0.15, 0.2) is 0 Å². The highest BCUT2D eigenvalue weighted by Gasteiger charge is 2.21. The summed E-state index contributed by atoms with van der Waals surface area (Å²) in [5.74, 6) is 0.0666. The molecule has 0 saturated heterocycles. The van der Waals surface area contributed by atoms with E-state index in [1.165, 1.54) is 0 Å². The van der Waals surface area contributed by atoms with E-state index in [-0.39, 0.29) is 11.4 Å². The van der Waals surface area contributed by atoms with Crippen LogP contribution < -0.4 is 15.5 Å². The summed E-state index contributed by atoms with van der Waals surface area (Å²) in [6, 6.07) is 10.6. The zero-order valence-corrected chi connectivity index (χ0v) is 22.1. The summed E-state index contributed by atoms with van der Waals surface area (Å²) in [6.07, 6.45) is 0. The van der Waals surface area contributed by atoms with E-state index in [1.54, 1.807) is 13.0 Å². The van der Waals surface area contributed by atoms with Crippen molar-refractivity contribution in [2.45, 2.75) is 48.5 Å². The van der Waals surface area contributed by atoms with E-state index in [1.807, 2.05) is 44.2 Å². The molecule has 192 valence electrons. The third-order valence-corrected chi connectivity index (χ3v) is 5.88. The second-order valence-electron chi connectivity index (χ2n) is 10.1. The zero-order chi connectivity index (χ0) is 26.6. The van der Waals surface area contributed by atoms with Gasteiger partial charge in [0.05, 0.1) is 22.6 Å². The first-order valence-electron chi connectivity index (χ1n) is 12.2. The summed E-state index contributed by atoms with van der Waals surface area (Å²) in [5, 5.41) is 19.4. The lowest BCUT2D eigenvalue weighted by Gasteiger charge is -2.31. The number of carboxylic acid groups (broad SMARTS) is 1. The van der Waals surface area contributed by atoms with Gasteiger partial charge in [-0.15, -0.1) is 0 Å². The molecule has 0 saturated carbocycles. The molecule has 0 aliphatic heterocycles. The predicted octanol–water partition coefficient (Wildman–Crippen LogP) is 6.73. The fourth-order valence-corrected chi connectivity index (χ4v) is 4.25. The van der Waals surface area contributed by atoms with Crippen molar-refractivity contribution in [1.29, 1.82) is 0 Å². The van der Waals surface area contributed by atoms with Crippen LogP contribution in [0.4, 0.5) is 22.1 Å². The first-order valence-corrected chi connectivity index (χ1v) is 12.2. The van der Waals surface area contributed by atoms with Crippen molar-refractivity contribution < 1.29 is 19.2 Å². The van der Waals surface area contributed by atoms with Gasteiger partial charge in [-0.05, 0) is 67.0 Å². The first-order chi connectivity index (χ1) is 17.0. The van der Waals surface area contributed by atoms with Crippen molar-refractivity contribution in [3.63, 3.8) is 0 Å². The Kier molecular flexibility index (Phi) is 8.40. The van der Waals surface area contributed by atoms with Gasteiger partial charge in [-0.25, -0.2) is 9.59 Å². The van der Waals surface area contributed by atoms with E-state index in [4.69, 9.17) is 4.52 Å². The number of carbonyl (C=O) groups is 2. The van der Waals surface area contributed by atoms with Crippen LogP contribution >= 0.6 is 0 Å². The summed E-state index contributed by atoms with van der Waals surface area (Å²) in [6.45, 7) is 15.7. The molecule has 1 heterocycles. The number of anilines is 3. The molecule has 36 heavy (non-hydrogen) atoms. The van der Waals surface area contributed by atoms with Crippen molar-refractivity contribution >= 4 is 29.3 Å². The molecule has 8 heteroatoms. The Hall–Kier alpha value is -3.81. The van der Waals surface area contributed by atoms with Gasteiger partial charge < -0.3 is 19.8 Å². The average molecular weight is 493 g/mol. The molecule has 0 spiro atoms. The quantitative estimate of drug-likeness (QED) is 0.306. The number of nitrogens with zero attached hydrogens (tertiary/aromatic N) is 2. The van der Waals surface area contributed by atoms with E-state index >= 15 is 0 Å². The number of carbonyl (C=O) groups excluding carboxylic acids is 1. The smallest absolute Gasteiger partial charge is 0.336 e. The van der Waals surface area contributed by atoms with E-state index in [2.05, 4.69) is 48.4 Å². The topological polar surface area (TPSA) is 108 Å². The van der Waals surface area contributed by atoms with Crippen molar-refractivity contribution in [1.82, 2.24) is 5.16 Å². The van der Waals surface area contributed by atoms with Crippen LogP contribution in [0.2, 0.25) is 0 Å². The highest BCUT2D eigenvalue weighted by molar-refractivity contribution is 6.03. The molecule has 1 aromatic heterocycles.